The van der Waals surface area contributed by atoms with E-state index in [2.05, 4.69) is 15.0 Å². The molecule has 0 spiro atoms. The maximum absolute atomic E-state index is 14.2. The molecule has 12 heteroatoms. The van der Waals surface area contributed by atoms with Gasteiger partial charge in [0.15, 0.2) is 0 Å². The smallest absolute Gasteiger partial charge is 0.275 e. The zero-order valence-corrected chi connectivity index (χ0v) is 23.4. The van der Waals surface area contributed by atoms with E-state index in [1.807, 2.05) is 0 Å². The fourth-order valence-corrected chi connectivity index (χ4v) is 7.53. The number of pyridine rings is 1. The molecule has 2 amide bonds. The van der Waals surface area contributed by atoms with E-state index in [4.69, 9.17) is 16.3 Å². The largest absolute Gasteiger partial charge is 0.382 e. The average molecular weight is 562 g/mol. The summed E-state index contributed by atoms with van der Waals surface area (Å²) in [6, 6.07) is 1.72. The molecule has 0 radical (unpaired) electrons. The average Bonchev–Trinajstić information content (AvgIpc) is 3.42. The molecule has 3 fully saturated rings. The molecule has 1 aromatic heterocycles. The third kappa shape index (κ3) is 7.76. The van der Waals surface area contributed by atoms with E-state index in [9.17, 15) is 18.0 Å². The summed E-state index contributed by atoms with van der Waals surface area (Å²) in [6.07, 6.45) is 13.3. The highest BCUT2D eigenvalue weighted by atomic mass is 32.2. The summed E-state index contributed by atoms with van der Waals surface area (Å²) < 4.78 is 27.3. The molecule has 2 saturated carbocycles. The number of hydrogen-bond acceptors (Lipinski definition) is 6. The van der Waals surface area contributed by atoms with Crippen LogP contribution in [0.5, 0.6) is 0 Å². The summed E-state index contributed by atoms with van der Waals surface area (Å²) in [5.41, 5.74) is 6.56. The minimum Gasteiger partial charge on any atom is -0.382 e. The summed E-state index contributed by atoms with van der Waals surface area (Å²) >= 11 is 0. The van der Waals surface area contributed by atoms with Crippen LogP contribution >= 0.6 is 0 Å². The summed E-state index contributed by atoms with van der Waals surface area (Å²) in [5, 5.41) is 15.8. The molecule has 2 heterocycles. The Morgan fingerprint density at radius 1 is 1.00 bits per heavy atom. The van der Waals surface area contributed by atoms with Gasteiger partial charge in [-0.1, -0.05) is 70.3 Å². The Bertz CT molecular complexity index is 1100. The van der Waals surface area contributed by atoms with Crippen LogP contribution in [0.2, 0.25) is 0 Å². The third-order valence-corrected chi connectivity index (χ3v) is 9.32. The first-order valence-corrected chi connectivity index (χ1v) is 15.9. The van der Waals surface area contributed by atoms with Crippen molar-refractivity contribution in [3.63, 3.8) is 0 Å². The van der Waals surface area contributed by atoms with Gasteiger partial charge in [-0.05, 0) is 42.2 Å². The van der Waals surface area contributed by atoms with Crippen LogP contribution in [-0.4, -0.2) is 54.6 Å². The quantitative estimate of drug-likeness (QED) is 0.215. The molecule has 0 aromatic carbocycles. The van der Waals surface area contributed by atoms with E-state index in [1.54, 1.807) is 23.2 Å². The fraction of sp³-hybridized carbons (Fsp3) is 0.704. The van der Waals surface area contributed by atoms with Crippen molar-refractivity contribution in [2.75, 3.05) is 6.54 Å². The van der Waals surface area contributed by atoms with Crippen molar-refractivity contribution in [2.24, 2.45) is 28.6 Å². The minimum atomic E-state index is -4.14. The maximum atomic E-state index is 14.2. The first-order chi connectivity index (χ1) is 18.6. The number of aromatic nitrogens is 1. The number of nitrogens with zero attached hydrogens (tertiary/aromatic N) is 2. The molecule has 11 nitrogen and oxygen atoms in total. The zero-order valence-electron chi connectivity index (χ0n) is 22.6. The van der Waals surface area contributed by atoms with Crippen molar-refractivity contribution < 1.29 is 18.0 Å². The fourth-order valence-electron chi connectivity index (χ4n) is 6.92. The number of nitrogen functional groups attached to an aromatic ring is 1. The molecular weight excluding hydrogens is 518 g/mol. The first kappa shape index (κ1) is 29.4. The molecular formula is C27H43N7O4S. The van der Waals surface area contributed by atoms with Crippen LogP contribution in [0.4, 0.5) is 0 Å². The van der Waals surface area contributed by atoms with Gasteiger partial charge in [0.2, 0.25) is 11.8 Å². The Hall–Kier alpha value is -2.57. The van der Waals surface area contributed by atoms with Gasteiger partial charge in [0, 0.05) is 19.3 Å². The number of amidine groups is 1. The normalized spacial score (nSPS) is 22.1. The standard InChI is InChI=1S/C27H43N7O4S/c28-25(29)21-14-13-18(16-31-21)17-32-26(35)22-12-7-15-34(22)27(36)24(33-39(30,37)38)23(19-8-3-1-4-9-19)20-10-5-2-6-11-20/h13-14,16,19-20,22-24,33H,1-12,15,17H2,(H3,28,29)(H,32,35)(H2,30,37,38)/t22-,24?/m0/s1. The minimum absolute atomic E-state index is 0.131. The van der Waals surface area contributed by atoms with E-state index in [0.717, 1.165) is 69.8 Å². The number of carbonyl (C=O) groups is 2. The Kier molecular flexibility index (Phi) is 9.95. The highest BCUT2D eigenvalue weighted by molar-refractivity contribution is 7.87. The van der Waals surface area contributed by atoms with Crippen LogP contribution < -0.4 is 20.9 Å². The number of rotatable bonds is 10. The lowest BCUT2D eigenvalue weighted by molar-refractivity contribution is -0.142. The summed E-state index contributed by atoms with van der Waals surface area (Å²) in [4.78, 5) is 33.1. The maximum Gasteiger partial charge on any atom is 0.275 e. The van der Waals surface area contributed by atoms with Gasteiger partial charge in [0.25, 0.3) is 10.2 Å². The van der Waals surface area contributed by atoms with Crippen LogP contribution in [0.15, 0.2) is 18.3 Å². The molecule has 0 bridgehead atoms. The van der Waals surface area contributed by atoms with E-state index < -0.39 is 22.3 Å². The predicted molar refractivity (Wildman–Crippen MR) is 149 cm³/mol. The SMILES string of the molecule is N=C(N)c1ccc(CNC(=O)[C@@H]2CCCN2C(=O)C(NS(N)(=O)=O)C(C2CCCCC2)C2CCCCC2)cn1. The van der Waals surface area contributed by atoms with E-state index in [-0.39, 0.29) is 41.9 Å². The van der Waals surface area contributed by atoms with Gasteiger partial charge in [-0.3, -0.25) is 20.0 Å². The predicted octanol–water partition coefficient (Wildman–Crippen LogP) is 1.91. The van der Waals surface area contributed by atoms with Crippen molar-refractivity contribution in [3.05, 3.63) is 29.6 Å². The highest BCUT2D eigenvalue weighted by Crippen LogP contribution is 2.42. The molecule has 1 aromatic rings. The molecule has 4 rings (SSSR count). The van der Waals surface area contributed by atoms with Crippen LogP contribution in [0.25, 0.3) is 0 Å². The molecule has 1 saturated heterocycles. The molecule has 39 heavy (non-hydrogen) atoms. The molecule has 7 N–H and O–H groups in total. The molecule has 1 aliphatic heterocycles. The number of likely N-dealkylation sites (tertiary alicyclic amines) is 1. The molecule has 3 aliphatic rings. The Labute approximate surface area is 231 Å². The topological polar surface area (TPSA) is 184 Å². The number of carbonyl (C=O) groups excluding carboxylic acids is 2. The third-order valence-electron chi connectivity index (χ3n) is 8.74. The lowest BCUT2D eigenvalue weighted by Gasteiger charge is -2.43. The van der Waals surface area contributed by atoms with Crippen molar-refractivity contribution in [3.8, 4) is 0 Å². The van der Waals surface area contributed by atoms with Gasteiger partial charge < -0.3 is 16.0 Å². The Morgan fingerprint density at radius 3 is 2.13 bits per heavy atom. The zero-order chi connectivity index (χ0) is 28.0. The van der Waals surface area contributed by atoms with Gasteiger partial charge in [-0.2, -0.15) is 13.1 Å². The second-order valence-corrected chi connectivity index (χ2v) is 12.7. The monoisotopic (exact) mass is 561 g/mol. The van der Waals surface area contributed by atoms with E-state index in [1.165, 1.54) is 0 Å². The molecule has 2 atom stereocenters. The van der Waals surface area contributed by atoms with Crippen molar-refractivity contribution in [2.45, 2.75) is 95.7 Å². The van der Waals surface area contributed by atoms with Gasteiger partial charge >= 0.3 is 0 Å². The van der Waals surface area contributed by atoms with Crippen molar-refractivity contribution >= 4 is 27.9 Å². The number of amides is 2. The molecule has 1 unspecified atom stereocenters. The van der Waals surface area contributed by atoms with E-state index >= 15 is 0 Å². The van der Waals surface area contributed by atoms with Crippen molar-refractivity contribution in [1.29, 1.82) is 5.41 Å². The Morgan fingerprint density at radius 2 is 1.62 bits per heavy atom. The summed E-state index contributed by atoms with van der Waals surface area (Å²) in [5.74, 6) is -0.372. The number of nitrogens with one attached hydrogen (secondary N) is 3. The summed E-state index contributed by atoms with van der Waals surface area (Å²) in [6.45, 7) is 0.616. The first-order valence-electron chi connectivity index (χ1n) is 14.3. The van der Waals surface area contributed by atoms with Gasteiger partial charge in [-0.25, -0.2) is 5.14 Å². The molecule has 2 aliphatic carbocycles. The number of nitrogens with two attached hydrogens (primary N) is 2. The van der Waals surface area contributed by atoms with Crippen LogP contribution in [0.1, 0.15) is 88.3 Å². The lowest BCUT2D eigenvalue weighted by Crippen LogP contribution is -2.59. The number of hydrogen-bond donors (Lipinski definition) is 5. The van der Waals surface area contributed by atoms with Crippen LogP contribution in [0.3, 0.4) is 0 Å². The summed E-state index contributed by atoms with van der Waals surface area (Å²) in [7, 11) is -4.14. The second kappa shape index (κ2) is 13.2. The Balaban J connectivity index is 1.52. The van der Waals surface area contributed by atoms with Gasteiger partial charge in [0.05, 0.1) is 0 Å². The van der Waals surface area contributed by atoms with Crippen molar-refractivity contribution in [1.82, 2.24) is 19.9 Å². The molecule has 216 valence electrons. The highest BCUT2D eigenvalue weighted by Gasteiger charge is 2.45. The van der Waals surface area contributed by atoms with Crippen LogP contribution in [-0.2, 0) is 26.3 Å². The lowest BCUT2D eigenvalue weighted by atomic mass is 9.66. The van der Waals surface area contributed by atoms with Crippen LogP contribution in [0, 0.1) is 23.2 Å². The second-order valence-electron chi connectivity index (χ2n) is 11.4. The van der Waals surface area contributed by atoms with Gasteiger partial charge in [-0.15, -0.1) is 0 Å². The van der Waals surface area contributed by atoms with E-state index in [0.29, 0.717) is 25.1 Å². The van der Waals surface area contributed by atoms with Gasteiger partial charge in [0.1, 0.15) is 23.6 Å².